The van der Waals surface area contributed by atoms with Gasteiger partial charge in [0.1, 0.15) is 0 Å². The van der Waals surface area contributed by atoms with Crippen LogP contribution in [0.15, 0.2) is 0 Å². The minimum Gasteiger partial charge on any atom is -0.759 e. The Morgan fingerprint density at radius 1 is 0.667 bits per heavy atom. The fourth-order valence-electron chi connectivity index (χ4n) is 0. The van der Waals surface area contributed by atoms with E-state index in [9.17, 15) is 0 Å². The van der Waals surface area contributed by atoms with Gasteiger partial charge in [0.05, 0.1) is 0 Å². The molecular formula is H12MgO10S. The Labute approximate surface area is 84.2 Å². The van der Waals surface area contributed by atoms with Crippen LogP contribution in [0.5, 0.6) is 0 Å². The molecule has 12 heteroatoms. The molecule has 0 unspecified atom stereocenters. The van der Waals surface area contributed by atoms with Gasteiger partial charge in [-0.1, -0.05) is 0 Å². The Morgan fingerprint density at radius 2 is 0.667 bits per heavy atom. The SMILES string of the molecule is O.O.O.O.O.O.O=S(=O)([O-])[O-].[Mg+2]. The standard InChI is InChI=1S/Mg.H2O4S.6H2O/c;1-5(2,3)4;;;;;;/h;(H2,1,2,3,4);6*1H2/q+2;;;;;;;/p-2. The molecule has 12 N–H and O–H groups in total. The summed E-state index contributed by atoms with van der Waals surface area (Å²) >= 11 is 0. The van der Waals surface area contributed by atoms with Crippen LogP contribution >= 0.6 is 0 Å². The first-order valence-corrected chi connectivity index (χ1v) is 2.00. The zero-order valence-corrected chi connectivity index (χ0v) is 7.98. The van der Waals surface area contributed by atoms with Gasteiger partial charge in [-0.15, -0.1) is 0 Å². The van der Waals surface area contributed by atoms with Crippen LogP contribution in [-0.2, 0) is 10.4 Å². The van der Waals surface area contributed by atoms with Crippen molar-refractivity contribution < 1.29 is 50.4 Å². The molecule has 0 saturated carbocycles. The van der Waals surface area contributed by atoms with Crippen LogP contribution in [0.1, 0.15) is 0 Å². The molecule has 0 aliphatic heterocycles. The number of hydrogen-bond acceptors (Lipinski definition) is 4. The van der Waals surface area contributed by atoms with Crippen LogP contribution in [0, 0.1) is 0 Å². The van der Waals surface area contributed by atoms with E-state index in [1.165, 1.54) is 0 Å². The largest absolute Gasteiger partial charge is 2.00 e. The van der Waals surface area contributed by atoms with Crippen molar-refractivity contribution in [3.63, 3.8) is 0 Å². The van der Waals surface area contributed by atoms with E-state index in [0.717, 1.165) is 0 Å². The summed E-state index contributed by atoms with van der Waals surface area (Å²) in [5.41, 5.74) is 0. The van der Waals surface area contributed by atoms with Crippen molar-refractivity contribution in [2.24, 2.45) is 0 Å². The molecule has 0 radical (unpaired) electrons. The van der Waals surface area contributed by atoms with E-state index in [1.54, 1.807) is 0 Å². The van der Waals surface area contributed by atoms with Crippen LogP contribution in [-0.4, -0.2) is 73.4 Å². The maximum Gasteiger partial charge on any atom is 2.00 e. The second-order valence-electron chi connectivity index (χ2n) is 0.408. The van der Waals surface area contributed by atoms with Crippen molar-refractivity contribution in [1.29, 1.82) is 0 Å². The first-order valence-electron chi connectivity index (χ1n) is 0.667. The fourth-order valence-corrected chi connectivity index (χ4v) is 0. The van der Waals surface area contributed by atoms with Crippen molar-refractivity contribution in [3.8, 4) is 0 Å². The summed E-state index contributed by atoms with van der Waals surface area (Å²) in [6.07, 6.45) is 0. The molecule has 0 spiro atoms. The van der Waals surface area contributed by atoms with Gasteiger partial charge in [0.2, 0.25) is 0 Å². The third kappa shape index (κ3) is 5850. The smallest absolute Gasteiger partial charge is 0.759 e. The summed E-state index contributed by atoms with van der Waals surface area (Å²) in [6.45, 7) is 0. The summed E-state index contributed by atoms with van der Waals surface area (Å²) in [5.74, 6) is 0. The zero-order chi connectivity index (χ0) is 4.50. The monoisotopic (exact) mass is 228 g/mol. The van der Waals surface area contributed by atoms with E-state index in [2.05, 4.69) is 0 Å². The Morgan fingerprint density at radius 3 is 0.667 bits per heavy atom. The molecule has 0 saturated heterocycles. The molecule has 0 aromatic rings. The summed E-state index contributed by atoms with van der Waals surface area (Å²) < 4.78 is 34.1. The molecule has 0 rings (SSSR count). The van der Waals surface area contributed by atoms with Crippen LogP contribution < -0.4 is 0 Å². The Balaban J connectivity index is -0.00000000381. The van der Waals surface area contributed by atoms with E-state index in [-0.39, 0.29) is 55.9 Å². The second-order valence-corrected chi connectivity index (χ2v) is 1.22. The summed E-state index contributed by atoms with van der Waals surface area (Å²) in [6, 6.07) is 0. The van der Waals surface area contributed by atoms with Gasteiger partial charge in [0.15, 0.2) is 0 Å². The van der Waals surface area contributed by atoms with Gasteiger partial charge in [0.25, 0.3) is 0 Å². The van der Waals surface area contributed by atoms with Crippen molar-refractivity contribution in [2.75, 3.05) is 0 Å². The van der Waals surface area contributed by atoms with Crippen molar-refractivity contribution in [3.05, 3.63) is 0 Å². The van der Waals surface area contributed by atoms with E-state index >= 15 is 0 Å². The molecule has 0 aromatic heterocycles. The maximum absolute atomic E-state index is 8.52. The average molecular weight is 228 g/mol. The van der Waals surface area contributed by atoms with E-state index in [1.807, 2.05) is 0 Å². The summed E-state index contributed by atoms with van der Waals surface area (Å²) in [7, 11) is -5.17. The Kier molecular flexibility index (Phi) is 209. The molecule has 0 aliphatic carbocycles. The molecule has 12 heavy (non-hydrogen) atoms. The van der Waals surface area contributed by atoms with Crippen LogP contribution in [0.2, 0.25) is 0 Å². The third-order valence-electron chi connectivity index (χ3n) is 0. The fraction of sp³-hybridized carbons (Fsp3) is 0. The molecule has 80 valence electrons. The van der Waals surface area contributed by atoms with Gasteiger partial charge in [-0.25, -0.2) is 0 Å². The number of rotatable bonds is 0. The van der Waals surface area contributed by atoms with Crippen LogP contribution in [0.3, 0.4) is 0 Å². The van der Waals surface area contributed by atoms with Gasteiger partial charge in [-0.05, 0) is 0 Å². The van der Waals surface area contributed by atoms with E-state index < -0.39 is 10.4 Å². The maximum atomic E-state index is 8.52. The van der Waals surface area contributed by atoms with Gasteiger partial charge in [0, 0.05) is 10.4 Å². The molecule has 0 heterocycles. The van der Waals surface area contributed by atoms with Gasteiger partial charge >= 0.3 is 23.1 Å². The van der Waals surface area contributed by atoms with Crippen molar-refractivity contribution >= 4 is 33.5 Å². The van der Waals surface area contributed by atoms with Crippen LogP contribution in [0.4, 0.5) is 0 Å². The minimum atomic E-state index is -5.17. The molecule has 0 aliphatic rings. The molecule has 0 fully saturated rings. The molecular weight excluding hydrogens is 216 g/mol. The summed E-state index contributed by atoms with van der Waals surface area (Å²) in [4.78, 5) is 0. The van der Waals surface area contributed by atoms with E-state index in [0.29, 0.717) is 0 Å². The van der Waals surface area contributed by atoms with E-state index in [4.69, 9.17) is 17.5 Å². The Hall–Kier alpha value is 0.396. The number of hydrogen-bond donors (Lipinski definition) is 0. The zero-order valence-electron chi connectivity index (χ0n) is 5.75. The van der Waals surface area contributed by atoms with Gasteiger partial charge in [-0.2, -0.15) is 0 Å². The van der Waals surface area contributed by atoms with Crippen LogP contribution in [0.25, 0.3) is 0 Å². The Bertz CT molecular complexity index is 93.0. The molecule has 0 bridgehead atoms. The first-order chi connectivity index (χ1) is 2.00. The van der Waals surface area contributed by atoms with Gasteiger partial charge in [-0.3, -0.25) is 8.42 Å². The van der Waals surface area contributed by atoms with Crippen molar-refractivity contribution in [1.82, 2.24) is 0 Å². The topological polar surface area (TPSA) is 269 Å². The normalized spacial score (nSPS) is 4.83. The predicted molar refractivity (Wildman–Crippen MR) is 37.9 cm³/mol. The quantitative estimate of drug-likeness (QED) is 0.222. The summed E-state index contributed by atoms with van der Waals surface area (Å²) in [5, 5.41) is 0. The first kappa shape index (κ1) is 83.3. The average Bonchev–Trinajstić information content (AvgIpc) is 0.722. The second kappa shape index (κ2) is 30.1. The molecule has 0 atom stereocenters. The van der Waals surface area contributed by atoms with Crippen molar-refractivity contribution in [2.45, 2.75) is 0 Å². The molecule has 0 aromatic carbocycles. The molecule has 0 amide bonds. The molecule has 10 nitrogen and oxygen atoms in total. The predicted octanol–water partition coefficient (Wildman–Crippen LogP) is -6.67. The third-order valence-corrected chi connectivity index (χ3v) is 0. The van der Waals surface area contributed by atoms with Gasteiger partial charge < -0.3 is 42.0 Å². The minimum absolute atomic E-state index is 0.